The van der Waals surface area contributed by atoms with Crippen molar-refractivity contribution >= 4 is 28.6 Å². The number of likely N-dealkylation sites (tertiary alicyclic amines) is 1. The molecule has 2 fully saturated rings. The molecule has 0 aliphatic carbocycles. The molecule has 11 nitrogen and oxygen atoms in total. The summed E-state index contributed by atoms with van der Waals surface area (Å²) in [5, 5.41) is 18.1. The maximum Gasteiger partial charge on any atom is 0.257 e. The lowest BCUT2D eigenvalue weighted by atomic mass is 9.85. The molecule has 34 heavy (non-hydrogen) atoms. The van der Waals surface area contributed by atoms with E-state index in [9.17, 15) is 10.1 Å². The second-order valence-electron chi connectivity index (χ2n) is 9.60. The van der Waals surface area contributed by atoms with Crippen LogP contribution in [0.5, 0.6) is 5.88 Å². The molecule has 3 aromatic heterocycles. The third-order valence-electron chi connectivity index (χ3n) is 6.86. The van der Waals surface area contributed by atoms with Gasteiger partial charge in [-0.2, -0.15) is 10.2 Å². The van der Waals surface area contributed by atoms with Gasteiger partial charge < -0.3 is 24.3 Å². The molecule has 0 radical (unpaired) electrons. The lowest BCUT2D eigenvalue weighted by Crippen LogP contribution is -2.70. The van der Waals surface area contributed by atoms with Gasteiger partial charge in [0.2, 0.25) is 11.9 Å². The van der Waals surface area contributed by atoms with Crippen LogP contribution < -0.4 is 10.1 Å². The van der Waals surface area contributed by atoms with Crippen molar-refractivity contribution in [1.82, 2.24) is 29.2 Å². The number of rotatable bonds is 5. The summed E-state index contributed by atoms with van der Waals surface area (Å²) in [6.07, 6.45) is 3.32. The smallest absolute Gasteiger partial charge is 0.257 e. The van der Waals surface area contributed by atoms with Gasteiger partial charge in [0.25, 0.3) is 5.88 Å². The standard InChI is InChI=1S/C23H28N8O3/c1-13-11-33-12-18(13)31-16(7-24)6-15-8-25-22(27-20(15)31)26-17-9-29(5)28-21(17)34-19-10-30(14(2)32)23(19,3)4/h6,8-9,13,18-19H,10-12H2,1-5H3,(H,25,26,27)/t13-,18-,19+/m0/s1. The molecule has 0 aromatic carbocycles. The Bertz CT molecular complexity index is 1300. The van der Waals surface area contributed by atoms with Gasteiger partial charge in [-0.1, -0.05) is 6.92 Å². The summed E-state index contributed by atoms with van der Waals surface area (Å²) in [6.45, 7) is 9.33. The van der Waals surface area contributed by atoms with E-state index in [4.69, 9.17) is 14.5 Å². The van der Waals surface area contributed by atoms with E-state index in [0.29, 0.717) is 48.6 Å². The normalized spacial score (nSPS) is 23.5. The lowest BCUT2D eigenvalue weighted by Gasteiger charge is -2.53. The Kier molecular flexibility index (Phi) is 5.20. The van der Waals surface area contributed by atoms with E-state index in [1.54, 1.807) is 28.9 Å². The van der Waals surface area contributed by atoms with Gasteiger partial charge in [0, 0.05) is 31.5 Å². The van der Waals surface area contributed by atoms with Crippen LogP contribution in [0, 0.1) is 17.2 Å². The fraction of sp³-hybridized carbons (Fsp3) is 0.522. The fourth-order valence-corrected chi connectivity index (χ4v) is 4.77. The first-order chi connectivity index (χ1) is 16.2. The van der Waals surface area contributed by atoms with Crippen molar-refractivity contribution in [1.29, 1.82) is 5.26 Å². The summed E-state index contributed by atoms with van der Waals surface area (Å²) in [6, 6.07) is 4.12. The monoisotopic (exact) mass is 464 g/mol. The van der Waals surface area contributed by atoms with Crippen molar-refractivity contribution in [3.63, 3.8) is 0 Å². The van der Waals surface area contributed by atoms with Gasteiger partial charge in [-0.05, 0) is 19.9 Å². The molecule has 178 valence electrons. The van der Waals surface area contributed by atoms with Crippen molar-refractivity contribution in [3.8, 4) is 11.9 Å². The number of nitrogens with zero attached hydrogens (tertiary/aromatic N) is 7. The summed E-state index contributed by atoms with van der Waals surface area (Å²) in [7, 11) is 1.81. The molecule has 0 unspecified atom stereocenters. The van der Waals surface area contributed by atoms with E-state index in [-0.39, 0.29) is 24.0 Å². The van der Waals surface area contributed by atoms with Gasteiger partial charge in [-0.3, -0.25) is 9.48 Å². The first-order valence-corrected chi connectivity index (χ1v) is 11.3. The van der Waals surface area contributed by atoms with E-state index in [0.717, 1.165) is 5.39 Å². The number of aryl methyl sites for hydroxylation is 1. The van der Waals surface area contributed by atoms with Gasteiger partial charge in [0.15, 0.2) is 0 Å². The van der Waals surface area contributed by atoms with Crippen LogP contribution in [0.2, 0.25) is 0 Å². The van der Waals surface area contributed by atoms with Crippen LogP contribution in [0.15, 0.2) is 18.5 Å². The third-order valence-corrected chi connectivity index (χ3v) is 6.86. The molecule has 1 N–H and O–H groups in total. The third kappa shape index (κ3) is 3.54. The van der Waals surface area contributed by atoms with Crippen LogP contribution in [-0.4, -0.2) is 66.5 Å². The number of carbonyl (C=O) groups excluding carboxylic acids is 1. The van der Waals surface area contributed by atoms with Gasteiger partial charge >= 0.3 is 0 Å². The number of fused-ring (bicyclic) bond motifs is 1. The summed E-state index contributed by atoms with van der Waals surface area (Å²) in [5.41, 5.74) is 1.41. The molecule has 0 bridgehead atoms. The Hall–Kier alpha value is -3.65. The minimum atomic E-state index is -0.426. The topological polar surface area (TPSA) is 123 Å². The van der Waals surface area contributed by atoms with Crippen LogP contribution >= 0.6 is 0 Å². The molecular weight excluding hydrogens is 436 g/mol. The Morgan fingerprint density at radius 2 is 2.18 bits per heavy atom. The first kappa shape index (κ1) is 22.2. The second kappa shape index (κ2) is 7.99. The van der Waals surface area contributed by atoms with E-state index < -0.39 is 5.54 Å². The molecule has 11 heteroatoms. The summed E-state index contributed by atoms with van der Waals surface area (Å²) >= 11 is 0. The molecular formula is C23H28N8O3. The highest BCUT2D eigenvalue weighted by Gasteiger charge is 2.50. The number of carbonyl (C=O) groups is 1. The Morgan fingerprint density at radius 1 is 1.38 bits per heavy atom. The highest BCUT2D eigenvalue weighted by molar-refractivity contribution is 5.79. The Balaban J connectivity index is 1.43. The average Bonchev–Trinajstić information content (AvgIpc) is 3.46. The van der Waals surface area contributed by atoms with Crippen LogP contribution in [-0.2, 0) is 16.6 Å². The maximum atomic E-state index is 11.8. The molecule has 0 saturated carbocycles. The predicted molar refractivity (Wildman–Crippen MR) is 124 cm³/mol. The number of ether oxygens (including phenoxy) is 2. The van der Waals surface area contributed by atoms with E-state index in [1.165, 1.54) is 0 Å². The van der Waals surface area contributed by atoms with Gasteiger partial charge in [0.1, 0.15) is 29.2 Å². The van der Waals surface area contributed by atoms with Crippen LogP contribution in [0.1, 0.15) is 39.4 Å². The van der Waals surface area contributed by atoms with Crippen LogP contribution in [0.3, 0.4) is 0 Å². The highest BCUT2D eigenvalue weighted by Crippen LogP contribution is 2.36. The number of amides is 1. The molecule has 0 spiro atoms. The number of hydrogen-bond donors (Lipinski definition) is 1. The van der Waals surface area contributed by atoms with E-state index in [2.05, 4.69) is 28.4 Å². The summed E-state index contributed by atoms with van der Waals surface area (Å²) in [5.74, 6) is 1.08. The summed E-state index contributed by atoms with van der Waals surface area (Å²) in [4.78, 5) is 22.8. The van der Waals surface area contributed by atoms with Crippen molar-refractivity contribution in [3.05, 3.63) is 24.2 Å². The van der Waals surface area contributed by atoms with Gasteiger partial charge in [0.05, 0.1) is 37.5 Å². The number of anilines is 2. The van der Waals surface area contributed by atoms with Crippen molar-refractivity contribution < 1.29 is 14.3 Å². The molecule has 5 rings (SSSR count). The number of hydrogen-bond acceptors (Lipinski definition) is 8. The Labute approximate surface area is 197 Å². The number of aromatic nitrogens is 5. The predicted octanol–water partition coefficient (Wildman–Crippen LogP) is 2.38. The molecule has 3 atom stereocenters. The molecule has 2 aliphatic heterocycles. The quantitative estimate of drug-likeness (QED) is 0.611. The lowest BCUT2D eigenvalue weighted by molar-refractivity contribution is -0.158. The minimum Gasteiger partial charge on any atom is -0.467 e. The zero-order valence-electron chi connectivity index (χ0n) is 19.9. The minimum absolute atomic E-state index is 0.0210. The molecule has 2 saturated heterocycles. The second-order valence-corrected chi connectivity index (χ2v) is 9.60. The zero-order valence-corrected chi connectivity index (χ0v) is 19.9. The molecule has 1 amide bonds. The van der Waals surface area contributed by atoms with Crippen LogP contribution in [0.4, 0.5) is 11.6 Å². The van der Waals surface area contributed by atoms with E-state index in [1.807, 2.05) is 31.5 Å². The summed E-state index contributed by atoms with van der Waals surface area (Å²) < 4.78 is 15.4. The highest BCUT2D eigenvalue weighted by atomic mass is 16.5. The van der Waals surface area contributed by atoms with E-state index >= 15 is 0 Å². The van der Waals surface area contributed by atoms with Gasteiger partial charge in [-0.15, -0.1) is 5.10 Å². The number of nitriles is 1. The largest absolute Gasteiger partial charge is 0.467 e. The fourth-order valence-electron chi connectivity index (χ4n) is 4.77. The number of nitrogens with one attached hydrogen (secondary N) is 1. The van der Waals surface area contributed by atoms with Crippen molar-refractivity contribution in [2.24, 2.45) is 13.0 Å². The van der Waals surface area contributed by atoms with Crippen molar-refractivity contribution in [2.45, 2.75) is 45.4 Å². The Morgan fingerprint density at radius 3 is 2.82 bits per heavy atom. The van der Waals surface area contributed by atoms with Crippen molar-refractivity contribution in [2.75, 3.05) is 25.1 Å². The molecule has 2 aliphatic rings. The van der Waals surface area contributed by atoms with Crippen LogP contribution in [0.25, 0.3) is 11.0 Å². The first-order valence-electron chi connectivity index (χ1n) is 11.3. The maximum absolute atomic E-state index is 11.8. The van der Waals surface area contributed by atoms with Gasteiger partial charge in [-0.25, -0.2) is 4.98 Å². The molecule has 3 aromatic rings. The SMILES string of the molecule is CC(=O)N1C[C@@H](Oc2nn(C)cc2Nc2ncc3cc(C#N)n([C@H]4COC[C@@H]4C)c3n2)C1(C)C. The zero-order chi connectivity index (χ0) is 24.2. The average molecular weight is 465 g/mol. The molecule has 5 heterocycles.